The summed E-state index contributed by atoms with van der Waals surface area (Å²) in [6.45, 7) is 4.85. The number of alkyl halides is 1. The van der Waals surface area contributed by atoms with Crippen molar-refractivity contribution in [1.29, 1.82) is 0 Å². The van der Waals surface area contributed by atoms with Gasteiger partial charge in [-0.05, 0) is 56.0 Å². The highest BCUT2D eigenvalue weighted by molar-refractivity contribution is 7.89. The minimum absolute atomic E-state index is 0.115. The summed E-state index contributed by atoms with van der Waals surface area (Å²) in [5.41, 5.74) is 0.912. The number of rotatable bonds is 11. The normalized spacial score (nSPS) is 15.4. The number of piperidine rings is 1. The monoisotopic (exact) mass is 549 g/mol. The lowest BCUT2D eigenvalue weighted by atomic mass is 10.0. The molecule has 0 bridgehead atoms. The fraction of sp³-hybridized carbons (Fsp3) is 0.481. The van der Waals surface area contributed by atoms with Gasteiger partial charge in [0.25, 0.3) is 0 Å². The minimum Gasteiger partial charge on any atom is -0.497 e. The molecule has 37 heavy (non-hydrogen) atoms. The molecule has 8 nitrogen and oxygen atoms in total. The predicted molar refractivity (Wildman–Crippen MR) is 144 cm³/mol. The first kappa shape index (κ1) is 28.9. The molecule has 2 amide bonds. The summed E-state index contributed by atoms with van der Waals surface area (Å²) in [5.74, 6) is 0.335. The maximum atomic E-state index is 13.8. The molecule has 1 saturated heterocycles. The van der Waals surface area contributed by atoms with Crippen LogP contribution in [0.2, 0.25) is 0 Å². The van der Waals surface area contributed by atoms with Crippen molar-refractivity contribution in [2.45, 2.75) is 56.0 Å². The van der Waals surface area contributed by atoms with E-state index in [1.54, 1.807) is 54.2 Å². The van der Waals surface area contributed by atoms with Crippen LogP contribution in [0.3, 0.4) is 0 Å². The molecule has 0 aromatic heterocycles. The van der Waals surface area contributed by atoms with Crippen molar-refractivity contribution < 1.29 is 22.7 Å². The third kappa shape index (κ3) is 7.46. The Balaban J connectivity index is 1.83. The maximum absolute atomic E-state index is 13.8. The molecule has 2 aromatic rings. The van der Waals surface area contributed by atoms with Gasteiger partial charge in [-0.1, -0.05) is 37.3 Å². The fourth-order valence-corrected chi connectivity index (χ4v) is 6.16. The van der Waals surface area contributed by atoms with Gasteiger partial charge in [0.2, 0.25) is 21.8 Å². The Morgan fingerprint density at radius 2 is 1.70 bits per heavy atom. The van der Waals surface area contributed by atoms with Crippen molar-refractivity contribution in [3.63, 3.8) is 0 Å². The van der Waals surface area contributed by atoms with Crippen molar-refractivity contribution in [2.24, 2.45) is 0 Å². The molecule has 3 rings (SSSR count). The standard InChI is InChI=1S/C27H36ClN3O5S/c1-4-16-30(37(34,35)25-8-6-5-7-9-25)20-26(32)31(19-22-10-12-24(36-3)13-11-22)23-14-17-29(18-15-23)27(33)21(2)28/h5-13,21,23H,4,14-20H2,1-3H3/t21-/m0/s1. The number of benzene rings is 2. The van der Waals surface area contributed by atoms with Gasteiger partial charge in [-0.2, -0.15) is 4.31 Å². The smallest absolute Gasteiger partial charge is 0.243 e. The van der Waals surface area contributed by atoms with Gasteiger partial charge >= 0.3 is 0 Å². The molecule has 1 heterocycles. The molecular weight excluding hydrogens is 514 g/mol. The number of nitrogens with zero attached hydrogens (tertiary/aromatic N) is 3. The highest BCUT2D eigenvalue weighted by atomic mass is 35.5. The van der Waals surface area contributed by atoms with Crippen LogP contribution in [0.15, 0.2) is 59.5 Å². The number of ether oxygens (including phenoxy) is 1. The molecule has 10 heteroatoms. The molecule has 1 aliphatic rings. The third-order valence-electron chi connectivity index (χ3n) is 6.56. The second-order valence-corrected chi connectivity index (χ2v) is 11.8. The Labute approximate surface area is 225 Å². The zero-order chi connectivity index (χ0) is 27.0. The number of likely N-dealkylation sites (tertiary alicyclic amines) is 1. The SMILES string of the molecule is CCCN(CC(=O)N(Cc1ccc(OC)cc1)C1CCN(C(=O)[C@H](C)Cl)CC1)S(=O)(=O)c1ccccc1. The number of carbonyl (C=O) groups excluding carboxylic acids is 2. The van der Waals surface area contributed by atoms with Crippen LogP contribution < -0.4 is 4.74 Å². The summed E-state index contributed by atoms with van der Waals surface area (Å²) in [6, 6.07) is 15.5. The summed E-state index contributed by atoms with van der Waals surface area (Å²) >= 11 is 5.99. The van der Waals surface area contributed by atoms with Crippen LogP contribution in [0.1, 0.15) is 38.7 Å². The van der Waals surface area contributed by atoms with Crippen molar-refractivity contribution in [3.8, 4) is 5.75 Å². The van der Waals surface area contributed by atoms with Crippen LogP contribution >= 0.6 is 11.6 Å². The van der Waals surface area contributed by atoms with Gasteiger partial charge in [0, 0.05) is 32.2 Å². The first-order valence-electron chi connectivity index (χ1n) is 12.6. The van der Waals surface area contributed by atoms with Crippen molar-refractivity contribution in [1.82, 2.24) is 14.1 Å². The summed E-state index contributed by atoms with van der Waals surface area (Å²) in [5, 5.41) is -0.598. The van der Waals surface area contributed by atoms with E-state index in [1.807, 2.05) is 31.2 Å². The van der Waals surface area contributed by atoms with Crippen LogP contribution in [-0.2, 0) is 26.2 Å². The Bertz CT molecular complexity index is 1130. The van der Waals surface area contributed by atoms with Crippen molar-refractivity contribution in [2.75, 3.05) is 33.3 Å². The average molecular weight is 550 g/mol. The Morgan fingerprint density at radius 1 is 1.08 bits per heavy atom. The lowest BCUT2D eigenvalue weighted by Gasteiger charge is -2.39. The predicted octanol–water partition coefficient (Wildman–Crippen LogP) is 3.74. The van der Waals surface area contributed by atoms with Gasteiger partial charge in [0.15, 0.2) is 0 Å². The van der Waals surface area contributed by atoms with Gasteiger partial charge in [-0.3, -0.25) is 9.59 Å². The molecule has 0 N–H and O–H groups in total. The van der Waals surface area contributed by atoms with E-state index in [2.05, 4.69) is 0 Å². The lowest BCUT2D eigenvalue weighted by Crippen LogP contribution is -2.52. The van der Waals surface area contributed by atoms with Gasteiger partial charge in [-0.25, -0.2) is 8.42 Å². The Morgan fingerprint density at radius 3 is 2.24 bits per heavy atom. The molecule has 2 aromatic carbocycles. The molecule has 202 valence electrons. The number of hydrogen-bond donors (Lipinski definition) is 0. The molecule has 0 saturated carbocycles. The highest BCUT2D eigenvalue weighted by Gasteiger charge is 2.33. The zero-order valence-electron chi connectivity index (χ0n) is 21.7. The quantitative estimate of drug-likeness (QED) is 0.398. The van der Waals surface area contributed by atoms with Gasteiger partial charge in [0.05, 0.1) is 18.6 Å². The lowest BCUT2D eigenvalue weighted by molar-refractivity contribution is -0.137. The van der Waals surface area contributed by atoms with E-state index < -0.39 is 15.4 Å². The van der Waals surface area contributed by atoms with Crippen LogP contribution in [0.5, 0.6) is 5.75 Å². The Hall–Kier alpha value is -2.62. The number of halogens is 1. The molecule has 0 aliphatic carbocycles. The molecule has 0 radical (unpaired) electrons. The van der Waals surface area contributed by atoms with Crippen LogP contribution in [0, 0.1) is 0 Å². The highest BCUT2D eigenvalue weighted by Crippen LogP contribution is 2.23. The van der Waals surface area contributed by atoms with E-state index in [9.17, 15) is 18.0 Å². The largest absolute Gasteiger partial charge is 0.497 e. The maximum Gasteiger partial charge on any atom is 0.243 e. The van der Waals surface area contributed by atoms with Gasteiger partial charge in [0.1, 0.15) is 11.1 Å². The van der Waals surface area contributed by atoms with Gasteiger partial charge in [-0.15, -0.1) is 11.6 Å². The average Bonchev–Trinajstić information content (AvgIpc) is 2.91. The molecule has 0 spiro atoms. The van der Waals surface area contributed by atoms with E-state index in [0.717, 1.165) is 5.56 Å². The first-order valence-corrected chi connectivity index (χ1v) is 14.5. The fourth-order valence-electron chi connectivity index (χ4n) is 4.51. The Kier molecular flexibility index (Phi) is 10.4. The van der Waals surface area contributed by atoms with Crippen LogP contribution in [0.4, 0.5) is 0 Å². The van der Waals surface area contributed by atoms with Gasteiger partial charge < -0.3 is 14.5 Å². The number of methoxy groups -OCH3 is 1. The van der Waals surface area contributed by atoms with E-state index in [1.165, 1.54) is 4.31 Å². The molecular formula is C27H36ClN3O5S. The van der Waals surface area contributed by atoms with Crippen molar-refractivity contribution >= 4 is 33.4 Å². The van der Waals surface area contributed by atoms with E-state index >= 15 is 0 Å². The number of hydrogen-bond acceptors (Lipinski definition) is 5. The van der Waals surface area contributed by atoms with Crippen LogP contribution in [-0.4, -0.2) is 79.0 Å². The molecule has 1 atom stereocenters. The summed E-state index contributed by atoms with van der Waals surface area (Å²) < 4.78 is 33.2. The van der Waals surface area contributed by atoms with E-state index in [0.29, 0.717) is 44.6 Å². The number of amides is 2. The first-order chi connectivity index (χ1) is 17.7. The summed E-state index contributed by atoms with van der Waals surface area (Å²) in [7, 11) is -2.24. The minimum atomic E-state index is -3.83. The van der Waals surface area contributed by atoms with Crippen molar-refractivity contribution in [3.05, 3.63) is 60.2 Å². The summed E-state index contributed by atoms with van der Waals surface area (Å²) in [4.78, 5) is 29.8. The molecule has 1 aliphatic heterocycles. The topological polar surface area (TPSA) is 87.2 Å². The van der Waals surface area contributed by atoms with Crippen LogP contribution in [0.25, 0.3) is 0 Å². The van der Waals surface area contributed by atoms with E-state index in [4.69, 9.17) is 16.3 Å². The molecule has 1 fully saturated rings. The summed E-state index contributed by atoms with van der Waals surface area (Å²) in [6.07, 6.45) is 1.77. The van der Waals surface area contributed by atoms with E-state index in [-0.39, 0.29) is 35.8 Å². The second kappa shape index (κ2) is 13.3. The second-order valence-electron chi connectivity index (χ2n) is 9.19. The number of sulfonamides is 1. The third-order valence-corrected chi connectivity index (χ3v) is 8.60. The molecule has 0 unspecified atom stereocenters. The zero-order valence-corrected chi connectivity index (χ0v) is 23.2. The number of carbonyl (C=O) groups is 2.